The third-order valence-corrected chi connectivity index (χ3v) is 3.73. The van der Waals surface area contributed by atoms with E-state index in [2.05, 4.69) is 34.0 Å². The lowest BCUT2D eigenvalue weighted by Crippen LogP contribution is -2.10. The van der Waals surface area contributed by atoms with Gasteiger partial charge in [0.2, 0.25) is 0 Å². The van der Waals surface area contributed by atoms with Gasteiger partial charge in [-0.1, -0.05) is 13.8 Å². The van der Waals surface area contributed by atoms with Crippen LogP contribution in [0, 0.1) is 0 Å². The minimum absolute atomic E-state index is 0.481. The Morgan fingerprint density at radius 2 is 2.06 bits per heavy atom. The first kappa shape index (κ1) is 13.0. The molecule has 2 aromatic heterocycles. The van der Waals surface area contributed by atoms with E-state index in [0.29, 0.717) is 6.54 Å². The largest absolute Gasteiger partial charge is 0.339 e. The average molecular weight is 263 g/mol. The van der Waals surface area contributed by atoms with E-state index in [0.717, 1.165) is 34.3 Å². The van der Waals surface area contributed by atoms with Gasteiger partial charge in [0, 0.05) is 24.5 Å². The van der Waals surface area contributed by atoms with Crippen molar-refractivity contribution in [2.75, 3.05) is 0 Å². The maximum Gasteiger partial charge on any atom is 0.171 e. The second-order valence-electron chi connectivity index (χ2n) is 3.82. The monoisotopic (exact) mass is 263 g/mol. The van der Waals surface area contributed by atoms with Crippen LogP contribution in [0.15, 0.2) is 22.6 Å². The molecule has 0 saturated carbocycles. The molecule has 0 aliphatic rings. The molecule has 18 heavy (non-hydrogen) atoms. The number of hydrogen-bond acceptors (Lipinski definition) is 5. The van der Waals surface area contributed by atoms with Crippen LogP contribution in [-0.4, -0.2) is 20.2 Å². The number of imidazole rings is 1. The standard InChI is InChI=1S/C12H17N5S/c1-3-8-9(7-13)11(17-16-10(8)4-2)18-12-14-5-6-15-12/h5-6H,3-4,7,13H2,1-2H3,(H,14,15). The summed E-state index contributed by atoms with van der Waals surface area (Å²) in [6.07, 6.45) is 5.32. The molecule has 2 aromatic rings. The number of aromatic amines is 1. The second-order valence-corrected chi connectivity index (χ2v) is 4.79. The van der Waals surface area contributed by atoms with Gasteiger partial charge in [-0.2, -0.15) is 5.10 Å². The molecule has 0 spiro atoms. The van der Waals surface area contributed by atoms with E-state index in [9.17, 15) is 0 Å². The zero-order chi connectivity index (χ0) is 13.0. The van der Waals surface area contributed by atoms with Gasteiger partial charge in [-0.25, -0.2) is 4.98 Å². The van der Waals surface area contributed by atoms with Gasteiger partial charge in [0.25, 0.3) is 0 Å². The lowest BCUT2D eigenvalue weighted by atomic mass is 10.0. The number of nitrogens with one attached hydrogen (secondary N) is 1. The van der Waals surface area contributed by atoms with Crippen molar-refractivity contribution in [1.82, 2.24) is 20.2 Å². The van der Waals surface area contributed by atoms with Gasteiger partial charge in [0.05, 0.1) is 5.69 Å². The highest BCUT2D eigenvalue weighted by Crippen LogP contribution is 2.28. The summed E-state index contributed by atoms with van der Waals surface area (Å²) >= 11 is 1.47. The first-order chi connectivity index (χ1) is 8.80. The van der Waals surface area contributed by atoms with Crippen LogP contribution >= 0.6 is 11.8 Å². The smallest absolute Gasteiger partial charge is 0.171 e. The van der Waals surface area contributed by atoms with E-state index in [4.69, 9.17) is 5.73 Å². The molecular formula is C12H17N5S. The minimum Gasteiger partial charge on any atom is -0.339 e. The molecule has 6 heteroatoms. The highest BCUT2D eigenvalue weighted by molar-refractivity contribution is 7.99. The zero-order valence-electron chi connectivity index (χ0n) is 10.6. The molecule has 0 aliphatic carbocycles. The van der Waals surface area contributed by atoms with Crippen molar-refractivity contribution in [2.45, 2.75) is 43.4 Å². The van der Waals surface area contributed by atoms with Crippen molar-refractivity contribution < 1.29 is 0 Å². The molecule has 0 aromatic carbocycles. The molecule has 3 N–H and O–H groups in total. The SMILES string of the molecule is CCc1nnc(Sc2ncc[nH]2)c(CN)c1CC. The molecule has 0 bridgehead atoms. The molecule has 5 nitrogen and oxygen atoms in total. The Bertz CT molecular complexity index is 509. The fourth-order valence-corrected chi connectivity index (χ4v) is 2.76. The zero-order valence-corrected chi connectivity index (χ0v) is 11.4. The van der Waals surface area contributed by atoms with Crippen molar-refractivity contribution in [2.24, 2.45) is 5.73 Å². The Morgan fingerprint density at radius 1 is 1.22 bits per heavy atom. The molecule has 96 valence electrons. The van der Waals surface area contributed by atoms with Crippen LogP contribution in [0.1, 0.15) is 30.7 Å². The topological polar surface area (TPSA) is 80.5 Å². The quantitative estimate of drug-likeness (QED) is 0.861. The Hall–Kier alpha value is -1.40. The number of hydrogen-bond donors (Lipinski definition) is 2. The van der Waals surface area contributed by atoms with E-state index in [1.807, 2.05) is 0 Å². The highest BCUT2D eigenvalue weighted by Gasteiger charge is 2.14. The number of H-pyrrole nitrogens is 1. The lowest BCUT2D eigenvalue weighted by molar-refractivity contribution is 0.780. The van der Waals surface area contributed by atoms with Gasteiger partial charge in [0.15, 0.2) is 5.16 Å². The maximum atomic E-state index is 5.87. The van der Waals surface area contributed by atoms with Crippen LogP contribution < -0.4 is 5.73 Å². The molecular weight excluding hydrogens is 246 g/mol. The number of nitrogens with two attached hydrogens (primary N) is 1. The number of nitrogens with zero attached hydrogens (tertiary/aromatic N) is 3. The summed E-state index contributed by atoms with van der Waals surface area (Å²) in [5.41, 5.74) is 9.23. The summed E-state index contributed by atoms with van der Waals surface area (Å²) in [5, 5.41) is 10.2. The normalized spacial score (nSPS) is 10.8. The summed E-state index contributed by atoms with van der Waals surface area (Å²) < 4.78 is 0. The Balaban J connectivity index is 2.41. The Morgan fingerprint density at radius 3 is 2.61 bits per heavy atom. The number of aromatic nitrogens is 4. The first-order valence-electron chi connectivity index (χ1n) is 6.04. The predicted molar refractivity (Wildman–Crippen MR) is 71.4 cm³/mol. The number of aryl methyl sites for hydroxylation is 1. The van der Waals surface area contributed by atoms with Crippen LogP contribution in [0.25, 0.3) is 0 Å². The Labute approximate surface area is 111 Å². The first-order valence-corrected chi connectivity index (χ1v) is 6.86. The third kappa shape index (κ3) is 2.54. The summed E-state index contributed by atoms with van der Waals surface area (Å²) in [5.74, 6) is 0. The van der Waals surface area contributed by atoms with Gasteiger partial charge < -0.3 is 10.7 Å². The lowest BCUT2D eigenvalue weighted by Gasteiger charge is -2.12. The van der Waals surface area contributed by atoms with Crippen molar-refractivity contribution in [3.63, 3.8) is 0 Å². The van der Waals surface area contributed by atoms with Crippen LogP contribution in [0.3, 0.4) is 0 Å². The molecule has 0 radical (unpaired) electrons. The van der Waals surface area contributed by atoms with Gasteiger partial charge in [0.1, 0.15) is 5.03 Å². The minimum atomic E-state index is 0.481. The van der Waals surface area contributed by atoms with Crippen molar-refractivity contribution in [3.8, 4) is 0 Å². The summed E-state index contributed by atoms with van der Waals surface area (Å²) in [7, 11) is 0. The van der Waals surface area contributed by atoms with Crippen LogP contribution in [0.4, 0.5) is 0 Å². The molecule has 2 rings (SSSR count). The summed E-state index contributed by atoms with van der Waals surface area (Å²) in [4.78, 5) is 7.23. The van der Waals surface area contributed by atoms with Crippen molar-refractivity contribution in [3.05, 3.63) is 29.2 Å². The van der Waals surface area contributed by atoms with Crippen LogP contribution in [0.5, 0.6) is 0 Å². The van der Waals surface area contributed by atoms with Crippen molar-refractivity contribution >= 4 is 11.8 Å². The van der Waals surface area contributed by atoms with E-state index in [-0.39, 0.29) is 0 Å². The van der Waals surface area contributed by atoms with Crippen LogP contribution in [0.2, 0.25) is 0 Å². The Kier molecular flexibility index (Phi) is 4.33. The number of rotatable bonds is 5. The van der Waals surface area contributed by atoms with Gasteiger partial charge >= 0.3 is 0 Å². The average Bonchev–Trinajstić information content (AvgIpc) is 2.90. The summed E-state index contributed by atoms with van der Waals surface area (Å²) in [6, 6.07) is 0. The van der Waals surface area contributed by atoms with E-state index in [1.54, 1.807) is 12.4 Å². The molecule has 0 fully saturated rings. The highest BCUT2D eigenvalue weighted by atomic mass is 32.2. The molecule has 0 saturated heterocycles. The maximum absolute atomic E-state index is 5.87. The van der Waals surface area contributed by atoms with E-state index >= 15 is 0 Å². The van der Waals surface area contributed by atoms with E-state index in [1.165, 1.54) is 17.3 Å². The van der Waals surface area contributed by atoms with Gasteiger partial charge in [-0.15, -0.1) is 5.10 Å². The third-order valence-electron chi connectivity index (χ3n) is 2.79. The molecule has 0 atom stereocenters. The van der Waals surface area contributed by atoms with Gasteiger partial charge in [-0.05, 0) is 30.2 Å². The van der Waals surface area contributed by atoms with E-state index < -0.39 is 0 Å². The van der Waals surface area contributed by atoms with Gasteiger partial charge in [-0.3, -0.25) is 0 Å². The fourth-order valence-electron chi connectivity index (χ4n) is 1.92. The van der Waals surface area contributed by atoms with Crippen molar-refractivity contribution in [1.29, 1.82) is 0 Å². The molecule has 0 aliphatic heterocycles. The van der Waals surface area contributed by atoms with Crippen LogP contribution in [-0.2, 0) is 19.4 Å². The predicted octanol–water partition coefficient (Wildman–Crippen LogP) is 1.93. The molecule has 0 unspecified atom stereocenters. The molecule has 2 heterocycles. The second kappa shape index (κ2) is 5.97. The summed E-state index contributed by atoms with van der Waals surface area (Å²) in [6.45, 7) is 4.69. The molecule has 0 amide bonds. The fraction of sp³-hybridized carbons (Fsp3) is 0.417.